The SMILES string of the molecule is CCCC1(O)CCCC(N)CCC1. The van der Waals surface area contributed by atoms with Gasteiger partial charge in [0.05, 0.1) is 5.60 Å². The lowest BCUT2D eigenvalue weighted by molar-refractivity contribution is 0.00434. The Morgan fingerprint density at radius 1 is 1.31 bits per heavy atom. The molecule has 2 nitrogen and oxygen atoms in total. The number of nitrogens with two attached hydrogens (primary N) is 1. The summed E-state index contributed by atoms with van der Waals surface area (Å²) in [5.74, 6) is 0. The van der Waals surface area contributed by atoms with Crippen molar-refractivity contribution < 1.29 is 5.11 Å². The summed E-state index contributed by atoms with van der Waals surface area (Å²) in [5, 5.41) is 10.2. The van der Waals surface area contributed by atoms with Crippen molar-refractivity contribution in [1.29, 1.82) is 0 Å². The van der Waals surface area contributed by atoms with Gasteiger partial charge < -0.3 is 10.8 Å². The molecule has 1 aliphatic rings. The maximum Gasteiger partial charge on any atom is 0.0647 e. The predicted molar refractivity (Wildman–Crippen MR) is 55.5 cm³/mol. The molecule has 0 radical (unpaired) electrons. The van der Waals surface area contributed by atoms with E-state index in [1.54, 1.807) is 0 Å². The highest BCUT2D eigenvalue weighted by Gasteiger charge is 2.26. The second kappa shape index (κ2) is 4.97. The van der Waals surface area contributed by atoms with Crippen molar-refractivity contribution in [2.24, 2.45) is 5.73 Å². The topological polar surface area (TPSA) is 46.2 Å². The van der Waals surface area contributed by atoms with E-state index >= 15 is 0 Å². The fourth-order valence-corrected chi connectivity index (χ4v) is 2.37. The van der Waals surface area contributed by atoms with E-state index in [-0.39, 0.29) is 5.60 Å². The summed E-state index contributed by atoms with van der Waals surface area (Å²) < 4.78 is 0. The maximum atomic E-state index is 10.2. The van der Waals surface area contributed by atoms with E-state index in [1.165, 1.54) is 0 Å². The Kier molecular flexibility index (Phi) is 4.20. The molecule has 0 atom stereocenters. The molecule has 0 saturated heterocycles. The summed E-state index contributed by atoms with van der Waals surface area (Å²) in [4.78, 5) is 0. The second-order valence-corrected chi connectivity index (χ2v) is 4.52. The summed E-state index contributed by atoms with van der Waals surface area (Å²) in [6.07, 6.45) is 8.32. The van der Waals surface area contributed by atoms with Gasteiger partial charge >= 0.3 is 0 Å². The Balaban J connectivity index is 2.39. The Labute approximate surface area is 81.5 Å². The molecule has 0 heterocycles. The van der Waals surface area contributed by atoms with Crippen LogP contribution in [0.4, 0.5) is 0 Å². The fraction of sp³-hybridized carbons (Fsp3) is 1.00. The Bertz CT molecular complexity index is 137. The molecule has 13 heavy (non-hydrogen) atoms. The van der Waals surface area contributed by atoms with Gasteiger partial charge in [-0.15, -0.1) is 0 Å². The van der Waals surface area contributed by atoms with E-state index in [0.29, 0.717) is 6.04 Å². The van der Waals surface area contributed by atoms with Crippen LogP contribution in [0.5, 0.6) is 0 Å². The van der Waals surface area contributed by atoms with Gasteiger partial charge in [-0.3, -0.25) is 0 Å². The first-order valence-electron chi connectivity index (χ1n) is 5.64. The lowest BCUT2D eigenvalue weighted by Gasteiger charge is -2.31. The molecule has 1 aliphatic carbocycles. The number of rotatable bonds is 2. The quantitative estimate of drug-likeness (QED) is 0.692. The van der Waals surface area contributed by atoms with Crippen molar-refractivity contribution in [3.63, 3.8) is 0 Å². The largest absolute Gasteiger partial charge is 0.390 e. The van der Waals surface area contributed by atoms with Crippen LogP contribution in [0, 0.1) is 0 Å². The first-order valence-corrected chi connectivity index (χ1v) is 5.64. The first kappa shape index (κ1) is 11.0. The van der Waals surface area contributed by atoms with Gasteiger partial charge in [0.2, 0.25) is 0 Å². The fourth-order valence-electron chi connectivity index (χ4n) is 2.37. The first-order chi connectivity index (χ1) is 6.16. The van der Waals surface area contributed by atoms with Crippen LogP contribution in [0.3, 0.4) is 0 Å². The molecule has 2 heteroatoms. The molecule has 0 bridgehead atoms. The zero-order valence-electron chi connectivity index (χ0n) is 8.76. The molecule has 0 spiro atoms. The average molecular weight is 185 g/mol. The van der Waals surface area contributed by atoms with E-state index in [2.05, 4.69) is 6.92 Å². The van der Waals surface area contributed by atoms with Crippen LogP contribution in [0.25, 0.3) is 0 Å². The lowest BCUT2D eigenvalue weighted by atomic mass is 9.83. The monoisotopic (exact) mass is 185 g/mol. The van der Waals surface area contributed by atoms with E-state index in [0.717, 1.165) is 51.4 Å². The average Bonchev–Trinajstić information content (AvgIpc) is 2.02. The molecule has 0 aliphatic heterocycles. The number of hydrogen-bond donors (Lipinski definition) is 2. The summed E-state index contributed by atoms with van der Waals surface area (Å²) in [6, 6.07) is 0.381. The van der Waals surface area contributed by atoms with Crippen molar-refractivity contribution in [3.05, 3.63) is 0 Å². The maximum absolute atomic E-state index is 10.2. The zero-order valence-corrected chi connectivity index (χ0v) is 8.76. The van der Waals surface area contributed by atoms with Crippen LogP contribution >= 0.6 is 0 Å². The molecular weight excluding hydrogens is 162 g/mol. The van der Waals surface area contributed by atoms with Crippen molar-refractivity contribution in [2.75, 3.05) is 0 Å². The van der Waals surface area contributed by atoms with Gasteiger partial charge in [0, 0.05) is 6.04 Å². The third-order valence-corrected chi connectivity index (χ3v) is 3.15. The molecular formula is C11H23NO. The minimum absolute atomic E-state index is 0.366. The van der Waals surface area contributed by atoms with Gasteiger partial charge in [-0.1, -0.05) is 13.3 Å². The van der Waals surface area contributed by atoms with Crippen LogP contribution in [-0.4, -0.2) is 16.7 Å². The van der Waals surface area contributed by atoms with Gasteiger partial charge in [-0.25, -0.2) is 0 Å². The van der Waals surface area contributed by atoms with Gasteiger partial charge in [0.25, 0.3) is 0 Å². The molecule has 0 amide bonds. The summed E-state index contributed by atoms with van der Waals surface area (Å²) in [7, 11) is 0. The smallest absolute Gasteiger partial charge is 0.0647 e. The normalized spacial score (nSPS) is 36.7. The molecule has 0 unspecified atom stereocenters. The Morgan fingerprint density at radius 3 is 2.31 bits per heavy atom. The standard InChI is InChI=1S/C11H23NO/c1-2-7-11(13)8-3-5-10(12)6-4-9-11/h10,13H,2-9,12H2,1H3. The molecule has 0 aromatic rings. The van der Waals surface area contributed by atoms with E-state index in [9.17, 15) is 5.11 Å². The van der Waals surface area contributed by atoms with Crippen molar-refractivity contribution in [3.8, 4) is 0 Å². The molecule has 1 rings (SSSR count). The summed E-state index contributed by atoms with van der Waals surface area (Å²) >= 11 is 0. The molecule has 1 fully saturated rings. The van der Waals surface area contributed by atoms with Gasteiger partial charge in [-0.2, -0.15) is 0 Å². The Morgan fingerprint density at radius 2 is 1.85 bits per heavy atom. The highest BCUT2D eigenvalue weighted by atomic mass is 16.3. The van der Waals surface area contributed by atoms with Crippen molar-refractivity contribution in [2.45, 2.75) is 69.9 Å². The van der Waals surface area contributed by atoms with Crippen LogP contribution < -0.4 is 5.73 Å². The second-order valence-electron chi connectivity index (χ2n) is 4.52. The summed E-state index contributed by atoms with van der Waals surface area (Å²) in [6.45, 7) is 2.14. The minimum atomic E-state index is -0.366. The van der Waals surface area contributed by atoms with Crippen molar-refractivity contribution in [1.82, 2.24) is 0 Å². The van der Waals surface area contributed by atoms with Crippen LogP contribution in [0.15, 0.2) is 0 Å². The van der Waals surface area contributed by atoms with E-state index in [4.69, 9.17) is 5.73 Å². The molecule has 3 N–H and O–H groups in total. The zero-order chi connectivity index (χ0) is 9.73. The highest BCUT2D eigenvalue weighted by molar-refractivity contribution is 4.81. The molecule has 78 valence electrons. The molecule has 0 aromatic carbocycles. The van der Waals surface area contributed by atoms with Crippen LogP contribution in [-0.2, 0) is 0 Å². The van der Waals surface area contributed by atoms with E-state index in [1.807, 2.05) is 0 Å². The van der Waals surface area contributed by atoms with Crippen LogP contribution in [0.1, 0.15) is 58.3 Å². The van der Waals surface area contributed by atoms with Gasteiger partial charge in [0.15, 0.2) is 0 Å². The lowest BCUT2D eigenvalue weighted by Crippen LogP contribution is -2.32. The molecule has 0 aromatic heterocycles. The highest BCUT2D eigenvalue weighted by Crippen LogP contribution is 2.29. The molecule has 1 saturated carbocycles. The van der Waals surface area contributed by atoms with E-state index < -0.39 is 0 Å². The minimum Gasteiger partial charge on any atom is -0.390 e. The van der Waals surface area contributed by atoms with Gasteiger partial charge in [0.1, 0.15) is 0 Å². The third-order valence-electron chi connectivity index (χ3n) is 3.15. The Hall–Kier alpha value is -0.0800. The summed E-state index contributed by atoms with van der Waals surface area (Å²) in [5.41, 5.74) is 5.52. The predicted octanol–water partition coefficient (Wildman–Crippen LogP) is 2.20. The third kappa shape index (κ3) is 3.65. The number of aliphatic hydroxyl groups is 1. The van der Waals surface area contributed by atoms with Crippen molar-refractivity contribution >= 4 is 0 Å². The van der Waals surface area contributed by atoms with Crippen LogP contribution in [0.2, 0.25) is 0 Å². The van der Waals surface area contributed by atoms with Gasteiger partial charge in [-0.05, 0) is 44.9 Å². The number of hydrogen-bond acceptors (Lipinski definition) is 2.